The molecular formula is C26H33IN4. The van der Waals surface area contributed by atoms with Crippen LogP contribution in [0.5, 0.6) is 0 Å². The highest BCUT2D eigenvalue weighted by molar-refractivity contribution is 14.1. The summed E-state index contributed by atoms with van der Waals surface area (Å²) in [6.45, 7) is 4.24. The summed E-state index contributed by atoms with van der Waals surface area (Å²) in [7, 11) is 4.20. The number of halogens is 1. The van der Waals surface area contributed by atoms with Crippen LogP contribution in [0.25, 0.3) is 10.9 Å². The Labute approximate surface area is 200 Å². The molecule has 0 saturated heterocycles. The Kier molecular flexibility index (Phi) is 7.33. The quantitative estimate of drug-likeness (QED) is 0.371. The van der Waals surface area contributed by atoms with Crippen molar-refractivity contribution in [1.82, 2.24) is 10.3 Å². The molecule has 1 aromatic heterocycles. The molecule has 0 aliphatic heterocycles. The summed E-state index contributed by atoms with van der Waals surface area (Å²) in [5.74, 6) is 1.77. The summed E-state index contributed by atoms with van der Waals surface area (Å²) in [4.78, 5) is 7.05. The Morgan fingerprint density at radius 1 is 1.03 bits per heavy atom. The van der Waals surface area contributed by atoms with E-state index in [0.29, 0.717) is 6.04 Å². The molecule has 1 heterocycles. The zero-order chi connectivity index (χ0) is 21.8. The number of nitrogens with one attached hydrogen (secondary N) is 2. The van der Waals surface area contributed by atoms with E-state index in [1.807, 2.05) is 0 Å². The molecule has 3 aromatic rings. The van der Waals surface area contributed by atoms with Gasteiger partial charge in [-0.3, -0.25) is 0 Å². The Hall–Kier alpha value is -1.86. The number of pyridine rings is 1. The molecule has 1 fully saturated rings. The maximum absolute atomic E-state index is 4.88. The van der Waals surface area contributed by atoms with Gasteiger partial charge in [0, 0.05) is 47.4 Å². The molecule has 4 nitrogen and oxygen atoms in total. The van der Waals surface area contributed by atoms with Crippen LogP contribution in [0.4, 0.5) is 11.5 Å². The number of rotatable bonds is 7. The fourth-order valence-corrected chi connectivity index (χ4v) is 5.07. The smallest absolute Gasteiger partial charge is 0.128 e. The van der Waals surface area contributed by atoms with Crippen molar-refractivity contribution in [3.8, 4) is 0 Å². The number of fused-ring (bicyclic) bond motifs is 1. The maximum Gasteiger partial charge on any atom is 0.128 e. The second kappa shape index (κ2) is 10.2. The van der Waals surface area contributed by atoms with Gasteiger partial charge in [-0.25, -0.2) is 4.98 Å². The maximum atomic E-state index is 4.88. The first-order valence-electron chi connectivity index (χ1n) is 11.3. The molecule has 2 N–H and O–H groups in total. The second-order valence-electron chi connectivity index (χ2n) is 9.01. The third-order valence-corrected chi connectivity index (χ3v) is 7.54. The van der Waals surface area contributed by atoms with E-state index in [0.717, 1.165) is 30.3 Å². The van der Waals surface area contributed by atoms with Gasteiger partial charge >= 0.3 is 0 Å². The van der Waals surface area contributed by atoms with Gasteiger partial charge < -0.3 is 15.5 Å². The van der Waals surface area contributed by atoms with E-state index in [1.54, 1.807) is 0 Å². The van der Waals surface area contributed by atoms with E-state index in [9.17, 15) is 0 Å². The summed E-state index contributed by atoms with van der Waals surface area (Å²) in [5, 5.41) is 8.61. The van der Waals surface area contributed by atoms with E-state index in [4.69, 9.17) is 4.98 Å². The zero-order valence-electron chi connectivity index (χ0n) is 18.8. The van der Waals surface area contributed by atoms with E-state index in [2.05, 4.69) is 108 Å². The molecule has 0 amide bonds. The molecule has 0 bridgehead atoms. The average Bonchev–Trinajstić information content (AvgIpc) is 2.77. The number of anilines is 2. The van der Waals surface area contributed by atoms with Crippen LogP contribution >= 0.6 is 22.6 Å². The van der Waals surface area contributed by atoms with Crippen LogP contribution in [-0.4, -0.2) is 31.7 Å². The number of aromatic nitrogens is 1. The summed E-state index contributed by atoms with van der Waals surface area (Å²) >= 11 is 2.42. The van der Waals surface area contributed by atoms with Crippen molar-refractivity contribution in [2.45, 2.75) is 45.2 Å². The van der Waals surface area contributed by atoms with E-state index < -0.39 is 0 Å². The van der Waals surface area contributed by atoms with Crippen molar-refractivity contribution < 1.29 is 0 Å². The van der Waals surface area contributed by atoms with Crippen LogP contribution in [0, 0.1) is 16.4 Å². The number of benzene rings is 2. The summed E-state index contributed by atoms with van der Waals surface area (Å²) in [5.41, 5.74) is 5.01. The molecule has 1 aliphatic carbocycles. The van der Waals surface area contributed by atoms with Crippen molar-refractivity contribution in [2.24, 2.45) is 5.92 Å². The average molecular weight is 528 g/mol. The highest BCUT2D eigenvalue weighted by Gasteiger charge is 2.21. The SMILES string of the molecule is Cc1ccc(CNCC2CCC(Nc3cc(N(C)C)c4ccccc4n3)CC2)cc1I. The van der Waals surface area contributed by atoms with Crippen LogP contribution in [0.1, 0.15) is 36.8 Å². The molecule has 1 aliphatic rings. The Morgan fingerprint density at radius 3 is 2.55 bits per heavy atom. The van der Waals surface area contributed by atoms with E-state index in [-0.39, 0.29) is 0 Å². The van der Waals surface area contributed by atoms with Crippen molar-refractivity contribution in [2.75, 3.05) is 30.9 Å². The molecule has 2 aromatic carbocycles. The Balaban J connectivity index is 1.29. The molecule has 4 rings (SSSR count). The van der Waals surface area contributed by atoms with Crippen molar-refractivity contribution in [1.29, 1.82) is 0 Å². The lowest BCUT2D eigenvalue weighted by atomic mass is 9.86. The van der Waals surface area contributed by atoms with Gasteiger partial charge in [0.25, 0.3) is 0 Å². The van der Waals surface area contributed by atoms with Crippen LogP contribution < -0.4 is 15.5 Å². The van der Waals surface area contributed by atoms with Gasteiger partial charge in [-0.2, -0.15) is 0 Å². The van der Waals surface area contributed by atoms with Crippen LogP contribution in [-0.2, 0) is 6.54 Å². The molecule has 0 spiro atoms. The third kappa shape index (κ3) is 5.69. The molecule has 31 heavy (non-hydrogen) atoms. The van der Waals surface area contributed by atoms with Crippen LogP contribution in [0.15, 0.2) is 48.5 Å². The molecule has 164 valence electrons. The molecule has 0 atom stereocenters. The second-order valence-corrected chi connectivity index (χ2v) is 10.2. The summed E-state index contributed by atoms with van der Waals surface area (Å²) in [6, 6.07) is 17.9. The lowest BCUT2D eigenvalue weighted by Crippen LogP contribution is -2.31. The fourth-order valence-electron chi connectivity index (χ4n) is 4.49. The molecule has 0 unspecified atom stereocenters. The van der Waals surface area contributed by atoms with E-state index >= 15 is 0 Å². The van der Waals surface area contributed by atoms with Crippen molar-refractivity contribution in [3.63, 3.8) is 0 Å². The molecule has 1 saturated carbocycles. The Morgan fingerprint density at radius 2 is 1.81 bits per heavy atom. The number of hydrogen-bond acceptors (Lipinski definition) is 4. The van der Waals surface area contributed by atoms with Gasteiger partial charge in [0.15, 0.2) is 0 Å². The fraction of sp³-hybridized carbons (Fsp3) is 0.423. The first-order valence-corrected chi connectivity index (χ1v) is 12.4. The minimum Gasteiger partial charge on any atom is -0.377 e. The van der Waals surface area contributed by atoms with Gasteiger partial charge in [-0.15, -0.1) is 0 Å². The van der Waals surface area contributed by atoms with Crippen molar-refractivity contribution >= 4 is 45.0 Å². The molecule has 0 radical (unpaired) electrons. The monoisotopic (exact) mass is 528 g/mol. The van der Waals surface area contributed by atoms with Crippen molar-refractivity contribution in [3.05, 3.63) is 63.2 Å². The lowest BCUT2D eigenvalue weighted by Gasteiger charge is -2.30. The van der Waals surface area contributed by atoms with E-state index in [1.165, 1.54) is 51.5 Å². The minimum atomic E-state index is 0.513. The Bertz CT molecular complexity index is 1030. The molecular weight excluding hydrogens is 495 g/mol. The summed E-state index contributed by atoms with van der Waals surface area (Å²) in [6.07, 6.45) is 4.95. The number of aryl methyl sites for hydroxylation is 1. The normalized spacial score (nSPS) is 18.8. The van der Waals surface area contributed by atoms with Gasteiger partial charge in [0.2, 0.25) is 0 Å². The third-order valence-electron chi connectivity index (χ3n) is 6.37. The minimum absolute atomic E-state index is 0.513. The lowest BCUT2D eigenvalue weighted by molar-refractivity contribution is 0.324. The topological polar surface area (TPSA) is 40.2 Å². The van der Waals surface area contributed by atoms with Gasteiger partial charge in [-0.1, -0.05) is 30.3 Å². The number of hydrogen-bond donors (Lipinski definition) is 2. The predicted octanol–water partition coefficient (Wildman–Crippen LogP) is 5.97. The first kappa shape index (κ1) is 22.3. The largest absolute Gasteiger partial charge is 0.377 e. The summed E-state index contributed by atoms with van der Waals surface area (Å²) < 4.78 is 1.35. The highest BCUT2D eigenvalue weighted by Crippen LogP contribution is 2.30. The number of para-hydroxylation sites is 1. The molecule has 5 heteroatoms. The van der Waals surface area contributed by atoms with Crippen LogP contribution in [0.2, 0.25) is 0 Å². The zero-order valence-corrected chi connectivity index (χ0v) is 20.9. The predicted molar refractivity (Wildman–Crippen MR) is 141 cm³/mol. The van der Waals surface area contributed by atoms with Gasteiger partial charge in [0.1, 0.15) is 5.82 Å². The van der Waals surface area contributed by atoms with Crippen LogP contribution in [0.3, 0.4) is 0 Å². The standard InChI is InChI=1S/C26H33IN4/c1-18-8-9-20(14-23(18)27)17-28-16-19-10-12-21(13-11-19)29-26-15-25(31(2)3)22-6-4-5-7-24(22)30-26/h4-9,14-15,19,21,28H,10-13,16-17H2,1-3H3,(H,29,30). The van der Waals surface area contributed by atoms with Gasteiger partial charge in [0.05, 0.1) is 5.52 Å². The van der Waals surface area contributed by atoms with Gasteiger partial charge in [-0.05, 0) is 90.9 Å². The number of nitrogens with zero attached hydrogens (tertiary/aromatic N) is 2. The highest BCUT2D eigenvalue weighted by atomic mass is 127. The first-order chi connectivity index (χ1) is 15.0.